The number of pyridine rings is 1. The number of hydrogen-bond donors (Lipinski definition) is 1. The number of nitrogens with one attached hydrogen (secondary N) is 1. The largest absolute Gasteiger partial charge is 0.356 e. The van der Waals surface area contributed by atoms with Gasteiger partial charge in [0.25, 0.3) is 5.56 Å². The number of hydrogen-bond acceptors (Lipinski definition) is 5. The first kappa shape index (κ1) is 27.7. The molecule has 41 heavy (non-hydrogen) atoms. The summed E-state index contributed by atoms with van der Waals surface area (Å²) in [6.45, 7) is 4.15. The Hall–Kier alpha value is -3.46. The van der Waals surface area contributed by atoms with Crippen molar-refractivity contribution in [2.45, 2.75) is 58.0 Å². The van der Waals surface area contributed by atoms with Crippen LogP contribution in [0, 0.1) is 5.92 Å². The summed E-state index contributed by atoms with van der Waals surface area (Å²) in [6, 6.07) is 19.4. The molecular formula is C32H36ClN5O3. The van der Waals surface area contributed by atoms with Crippen LogP contribution in [0.5, 0.6) is 0 Å². The van der Waals surface area contributed by atoms with Crippen LogP contribution < -0.4 is 10.9 Å². The van der Waals surface area contributed by atoms with Gasteiger partial charge in [-0.15, -0.1) is 0 Å². The zero-order valence-electron chi connectivity index (χ0n) is 23.2. The molecule has 2 unspecified atom stereocenters. The lowest BCUT2D eigenvalue weighted by atomic mass is 9.96. The molecule has 0 spiro atoms. The van der Waals surface area contributed by atoms with E-state index < -0.39 is 0 Å². The number of rotatable bonds is 8. The number of ether oxygens (including phenoxy) is 1. The Labute approximate surface area is 244 Å². The van der Waals surface area contributed by atoms with E-state index in [1.807, 2.05) is 35.1 Å². The van der Waals surface area contributed by atoms with Crippen LogP contribution in [-0.4, -0.2) is 44.9 Å². The zero-order chi connectivity index (χ0) is 28.2. The van der Waals surface area contributed by atoms with E-state index in [-0.39, 0.29) is 23.6 Å². The second kappa shape index (κ2) is 12.6. The van der Waals surface area contributed by atoms with Crippen molar-refractivity contribution in [1.29, 1.82) is 0 Å². The molecule has 2 saturated heterocycles. The van der Waals surface area contributed by atoms with Crippen molar-refractivity contribution in [3.63, 3.8) is 0 Å². The summed E-state index contributed by atoms with van der Waals surface area (Å²) in [5, 5.41) is 9.64. The van der Waals surface area contributed by atoms with E-state index in [9.17, 15) is 9.59 Å². The predicted octanol–water partition coefficient (Wildman–Crippen LogP) is 5.13. The van der Waals surface area contributed by atoms with Gasteiger partial charge in [-0.2, -0.15) is 5.10 Å². The molecule has 6 rings (SSSR count). The normalized spacial score (nSPS) is 19.8. The first-order valence-corrected chi connectivity index (χ1v) is 14.9. The first-order chi connectivity index (χ1) is 20.0. The van der Waals surface area contributed by atoms with Crippen molar-refractivity contribution >= 4 is 28.4 Å². The molecule has 0 aliphatic carbocycles. The van der Waals surface area contributed by atoms with Crippen LogP contribution in [-0.2, 0) is 29.2 Å². The van der Waals surface area contributed by atoms with Crippen LogP contribution in [0.3, 0.4) is 0 Å². The van der Waals surface area contributed by atoms with Crippen LogP contribution in [0.1, 0.15) is 55.2 Å². The fourth-order valence-electron chi connectivity index (χ4n) is 5.97. The Kier molecular flexibility index (Phi) is 8.51. The molecule has 4 aromatic rings. The number of aromatic nitrogens is 3. The molecule has 2 atom stereocenters. The summed E-state index contributed by atoms with van der Waals surface area (Å²) in [7, 11) is 0. The highest BCUT2D eigenvalue weighted by Crippen LogP contribution is 2.30. The Bertz CT molecular complexity index is 1560. The Morgan fingerprint density at radius 2 is 1.83 bits per heavy atom. The molecule has 2 aliphatic heterocycles. The highest BCUT2D eigenvalue weighted by molar-refractivity contribution is 6.31. The molecule has 9 heteroatoms. The van der Waals surface area contributed by atoms with Gasteiger partial charge >= 0.3 is 0 Å². The van der Waals surface area contributed by atoms with E-state index in [4.69, 9.17) is 21.4 Å². The molecular weight excluding hydrogens is 538 g/mol. The molecule has 0 radical (unpaired) electrons. The monoisotopic (exact) mass is 573 g/mol. The van der Waals surface area contributed by atoms with E-state index in [2.05, 4.69) is 34.5 Å². The topological polar surface area (TPSA) is 81.4 Å². The molecule has 1 amide bonds. The van der Waals surface area contributed by atoms with Gasteiger partial charge in [0.2, 0.25) is 5.91 Å². The van der Waals surface area contributed by atoms with Gasteiger partial charge in [-0.3, -0.25) is 14.5 Å². The lowest BCUT2D eigenvalue weighted by Crippen LogP contribution is -2.42. The molecule has 0 saturated carbocycles. The quantitative estimate of drug-likeness (QED) is 0.316. The van der Waals surface area contributed by atoms with Crippen molar-refractivity contribution in [2.75, 3.05) is 19.7 Å². The Morgan fingerprint density at radius 3 is 2.61 bits per heavy atom. The van der Waals surface area contributed by atoms with Crippen LogP contribution in [0.4, 0.5) is 0 Å². The molecule has 2 aliphatic rings. The minimum absolute atomic E-state index is 0.00205. The second-order valence-corrected chi connectivity index (χ2v) is 11.6. The van der Waals surface area contributed by atoms with Crippen molar-refractivity contribution in [3.05, 3.63) is 99.1 Å². The Morgan fingerprint density at radius 1 is 1.00 bits per heavy atom. The number of benzene rings is 2. The van der Waals surface area contributed by atoms with E-state index in [0.29, 0.717) is 18.1 Å². The van der Waals surface area contributed by atoms with Crippen molar-refractivity contribution in [1.82, 2.24) is 24.6 Å². The predicted molar refractivity (Wildman–Crippen MR) is 160 cm³/mol. The number of amides is 1. The third-order valence-corrected chi connectivity index (χ3v) is 8.40. The van der Waals surface area contributed by atoms with Crippen molar-refractivity contribution in [2.24, 2.45) is 5.92 Å². The van der Waals surface area contributed by atoms with E-state index in [1.165, 1.54) is 5.56 Å². The third-order valence-electron chi connectivity index (χ3n) is 8.16. The molecule has 4 heterocycles. The fourth-order valence-corrected chi connectivity index (χ4v) is 6.14. The smallest absolute Gasteiger partial charge is 0.250 e. The van der Waals surface area contributed by atoms with Crippen molar-refractivity contribution in [3.8, 4) is 0 Å². The SMILES string of the molecule is O=C(NCc1nn(C2CCCCO2)c2ccc(Cl)cc12)C1CCCN(Cc2ccc(Cn3ccccc3=O)cc2)C1. The summed E-state index contributed by atoms with van der Waals surface area (Å²) in [5.41, 5.74) is 4.09. The fraction of sp³-hybridized carbons (Fsp3) is 0.406. The van der Waals surface area contributed by atoms with E-state index >= 15 is 0 Å². The first-order valence-electron chi connectivity index (χ1n) is 14.5. The number of carbonyl (C=O) groups excluding carboxylic acids is 1. The molecule has 0 bridgehead atoms. The third kappa shape index (κ3) is 6.56. The van der Waals surface area contributed by atoms with Crippen LogP contribution in [0.25, 0.3) is 10.9 Å². The van der Waals surface area contributed by atoms with Crippen molar-refractivity contribution < 1.29 is 9.53 Å². The van der Waals surface area contributed by atoms with Crippen LogP contribution in [0.2, 0.25) is 5.02 Å². The highest BCUT2D eigenvalue weighted by atomic mass is 35.5. The average Bonchev–Trinajstić information content (AvgIpc) is 3.36. The summed E-state index contributed by atoms with van der Waals surface area (Å²) in [5.74, 6) is 0.00332. The number of likely N-dealkylation sites (tertiary alicyclic amines) is 1. The van der Waals surface area contributed by atoms with Gasteiger partial charge in [0.15, 0.2) is 6.23 Å². The maximum atomic E-state index is 13.3. The summed E-state index contributed by atoms with van der Waals surface area (Å²) in [4.78, 5) is 27.6. The number of halogens is 1. The van der Waals surface area contributed by atoms with Gasteiger partial charge in [-0.1, -0.05) is 41.9 Å². The molecule has 2 fully saturated rings. The molecule has 2 aromatic heterocycles. The lowest BCUT2D eigenvalue weighted by molar-refractivity contribution is -0.127. The minimum atomic E-state index is -0.0842. The molecule has 214 valence electrons. The minimum Gasteiger partial charge on any atom is -0.356 e. The van der Waals surface area contributed by atoms with Gasteiger partial charge in [0.05, 0.1) is 30.2 Å². The maximum absolute atomic E-state index is 13.3. The van der Waals surface area contributed by atoms with Crippen LogP contribution >= 0.6 is 11.6 Å². The Balaban J connectivity index is 1.06. The zero-order valence-corrected chi connectivity index (χ0v) is 23.9. The molecule has 8 nitrogen and oxygen atoms in total. The van der Waals surface area contributed by atoms with Gasteiger partial charge in [0, 0.05) is 42.4 Å². The van der Waals surface area contributed by atoms with Gasteiger partial charge in [0.1, 0.15) is 0 Å². The number of fused-ring (bicyclic) bond motifs is 1. The molecule has 1 N–H and O–H groups in total. The molecule has 2 aromatic carbocycles. The second-order valence-electron chi connectivity index (χ2n) is 11.1. The summed E-state index contributed by atoms with van der Waals surface area (Å²) < 4.78 is 9.66. The van der Waals surface area contributed by atoms with E-state index in [1.54, 1.807) is 16.7 Å². The van der Waals surface area contributed by atoms with Crippen LogP contribution in [0.15, 0.2) is 71.7 Å². The van der Waals surface area contributed by atoms with Gasteiger partial charge in [-0.25, -0.2) is 4.68 Å². The average molecular weight is 574 g/mol. The number of piperidine rings is 1. The maximum Gasteiger partial charge on any atom is 0.250 e. The van der Waals surface area contributed by atoms with Gasteiger partial charge < -0.3 is 14.6 Å². The summed E-state index contributed by atoms with van der Waals surface area (Å²) >= 11 is 6.33. The number of carbonyl (C=O) groups is 1. The van der Waals surface area contributed by atoms with Gasteiger partial charge in [-0.05, 0) is 74.0 Å². The summed E-state index contributed by atoms with van der Waals surface area (Å²) in [6.07, 6.45) is 6.71. The lowest BCUT2D eigenvalue weighted by Gasteiger charge is -2.32. The standard InChI is InChI=1S/C32H36ClN5O3/c33-26-13-14-29-27(18-26)28(35-38(29)31-8-2-4-17-41-31)19-34-32(40)25-6-5-15-36(22-25)20-23-9-11-24(12-10-23)21-37-16-3-1-7-30(37)39/h1,3,7,9-14,16,18,25,31H,2,4-6,8,15,17,19-22H2,(H,34,40). The number of nitrogens with zero attached hydrogens (tertiary/aromatic N) is 4. The van der Waals surface area contributed by atoms with E-state index in [0.717, 1.165) is 80.5 Å². The highest BCUT2D eigenvalue weighted by Gasteiger charge is 2.27.